The fourth-order valence-electron chi connectivity index (χ4n) is 2.15. The summed E-state index contributed by atoms with van der Waals surface area (Å²) in [6.45, 7) is 0. The Morgan fingerprint density at radius 3 is 3.30 bits per heavy atom. The van der Waals surface area contributed by atoms with E-state index in [4.69, 9.17) is 0 Å². The molecule has 0 heteroatoms. The van der Waals surface area contributed by atoms with Crippen molar-refractivity contribution in [2.24, 2.45) is 11.3 Å². The van der Waals surface area contributed by atoms with Gasteiger partial charge in [-0.2, -0.15) is 0 Å². The van der Waals surface area contributed by atoms with E-state index in [2.05, 4.69) is 36.8 Å². The van der Waals surface area contributed by atoms with E-state index in [1.165, 1.54) is 12.0 Å². The molecule has 0 aromatic rings. The van der Waals surface area contributed by atoms with Gasteiger partial charge in [0.05, 0.1) is 0 Å². The first-order valence-electron chi connectivity index (χ1n) is 3.83. The normalized spacial score (nSPS) is 46.4. The summed E-state index contributed by atoms with van der Waals surface area (Å²) in [5.74, 6) is 0.836. The topological polar surface area (TPSA) is 0 Å². The fraction of sp³-hybridized carbons (Fsp3) is 0.300. The first kappa shape index (κ1) is 4.95. The summed E-state index contributed by atoms with van der Waals surface area (Å²) in [4.78, 5) is 0. The molecule has 1 saturated carbocycles. The van der Waals surface area contributed by atoms with Gasteiger partial charge in [0.15, 0.2) is 0 Å². The lowest BCUT2D eigenvalue weighted by Crippen LogP contribution is -2.02. The zero-order valence-corrected chi connectivity index (χ0v) is 5.75. The second-order valence-corrected chi connectivity index (χ2v) is 3.38. The average molecular weight is 129 g/mol. The van der Waals surface area contributed by atoms with Crippen LogP contribution < -0.4 is 0 Å². The molecule has 1 radical (unpaired) electrons. The van der Waals surface area contributed by atoms with Gasteiger partial charge in [0.25, 0.3) is 0 Å². The quantitative estimate of drug-likeness (QED) is 0.470. The molecule has 0 aromatic heterocycles. The van der Waals surface area contributed by atoms with Gasteiger partial charge >= 0.3 is 0 Å². The Bertz CT molecular complexity index is 268. The lowest BCUT2D eigenvalue weighted by molar-refractivity contribution is 0.723. The van der Waals surface area contributed by atoms with Gasteiger partial charge in [0.2, 0.25) is 0 Å². The minimum absolute atomic E-state index is 0.495. The van der Waals surface area contributed by atoms with Crippen molar-refractivity contribution < 1.29 is 0 Å². The molecule has 3 aliphatic rings. The Morgan fingerprint density at radius 1 is 1.40 bits per heavy atom. The molecule has 0 nitrogen and oxygen atoms in total. The van der Waals surface area contributed by atoms with Crippen molar-refractivity contribution in [3.05, 3.63) is 42.4 Å². The van der Waals surface area contributed by atoms with Gasteiger partial charge in [-0.15, -0.1) is 0 Å². The molecule has 0 saturated heterocycles. The number of allylic oxidation sites excluding steroid dienone is 6. The van der Waals surface area contributed by atoms with E-state index in [-0.39, 0.29) is 0 Å². The molecule has 0 aromatic carbocycles. The SMILES string of the molecule is [CH]1C=CC2=CC=CC3CC123. The van der Waals surface area contributed by atoms with Gasteiger partial charge in [0, 0.05) is 5.41 Å². The monoisotopic (exact) mass is 129 g/mol. The van der Waals surface area contributed by atoms with Crippen LogP contribution in [0.3, 0.4) is 0 Å². The summed E-state index contributed by atoms with van der Waals surface area (Å²) in [5.41, 5.74) is 2.02. The van der Waals surface area contributed by atoms with Crippen molar-refractivity contribution in [3.63, 3.8) is 0 Å². The van der Waals surface area contributed by atoms with Crippen LogP contribution in [0.5, 0.6) is 0 Å². The minimum Gasteiger partial charge on any atom is -0.0805 e. The summed E-state index contributed by atoms with van der Waals surface area (Å²) >= 11 is 0. The van der Waals surface area contributed by atoms with E-state index in [1.807, 2.05) is 0 Å². The third-order valence-corrected chi connectivity index (χ3v) is 2.89. The smallest absolute Gasteiger partial charge is 0.00906 e. The number of hydrogen-bond donors (Lipinski definition) is 0. The van der Waals surface area contributed by atoms with Crippen molar-refractivity contribution in [2.75, 3.05) is 0 Å². The summed E-state index contributed by atoms with van der Waals surface area (Å²) < 4.78 is 0. The zero-order valence-electron chi connectivity index (χ0n) is 5.75. The largest absolute Gasteiger partial charge is 0.0805 e. The molecule has 0 aliphatic heterocycles. The average Bonchev–Trinajstić information content (AvgIpc) is 2.51. The number of rotatable bonds is 0. The molecule has 3 rings (SSSR count). The zero-order chi connectivity index (χ0) is 6.60. The van der Waals surface area contributed by atoms with Crippen LogP contribution in [0.4, 0.5) is 0 Å². The van der Waals surface area contributed by atoms with Crippen molar-refractivity contribution >= 4 is 0 Å². The highest BCUT2D eigenvalue weighted by Crippen LogP contribution is 2.64. The standard InChI is InChI=1S/C10H9/c1-3-8-5-2-6-10(8)7-9(10)4-1/h1-6,9H,7H2. The summed E-state index contributed by atoms with van der Waals surface area (Å²) in [7, 11) is 0. The Morgan fingerprint density at radius 2 is 2.40 bits per heavy atom. The summed E-state index contributed by atoms with van der Waals surface area (Å²) in [6.07, 6.45) is 14.9. The summed E-state index contributed by atoms with van der Waals surface area (Å²) in [5, 5.41) is 0. The van der Waals surface area contributed by atoms with E-state index in [1.54, 1.807) is 0 Å². The third kappa shape index (κ3) is 0.377. The van der Waals surface area contributed by atoms with Crippen LogP contribution in [-0.2, 0) is 0 Å². The second kappa shape index (κ2) is 1.29. The van der Waals surface area contributed by atoms with Crippen LogP contribution >= 0.6 is 0 Å². The fourth-order valence-corrected chi connectivity index (χ4v) is 2.15. The molecule has 0 heterocycles. The van der Waals surface area contributed by atoms with Crippen LogP contribution in [0.2, 0.25) is 0 Å². The van der Waals surface area contributed by atoms with Gasteiger partial charge in [-0.25, -0.2) is 0 Å². The van der Waals surface area contributed by atoms with Gasteiger partial charge in [-0.05, 0) is 24.3 Å². The molecule has 1 fully saturated rings. The van der Waals surface area contributed by atoms with Crippen LogP contribution in [0.15, 0.2) is 36.0 Å². The first-order valence-corrected chi connectivity index (χ1v) is 3.83. The highest BCUT2D eigenvalue weighted by molar-refractivity contribution is 5.52. The van der Waals surface area contributed by atoms with Crippen LogP contribution in [0, 0.1) is 17.8 Å². The third-order valence-electron chi connectivity index (χ3n) is 2.89. The predicted molar refractivity (Wildman–Crippen MR) is 41.2 cm³/mol. The molecular formula is C10H9. The van der Waals surface area contributed by atoms with Gasteiger partial charge in [-0.1, -0.05) is 30.4 Å². The Labute approximate surface area is 60.9 Å². The summed E-state index contributed by atoms with van der Waals surface area (Å²) in [6, 6.07) is 0. The van der Waals surface area contributed by atoms with Crippen molar-refractivity contribution in [3.8, 4) is 0 Å². The molecule has 0 N–H and O–H groups in total. The van der Waals surface area contributed by atoms with E-state index in [9.17, 15) is 0 Å². The Balaban J connectivity index is 2.18. The molecular weight excluding hydrogens is 120 g/mol. The first-order chi connectivity index (χ1) is 4.92. The highest BCUT2D eigenvalue weighted by atomic mass is 14.6. The molecule has 10 heavy (non-hydrogen) atoms. The lowest BCUT2D eigenvalue weighted by Gasteiger charge is -2.11. The van der Waals surface area contributed by atoms with Crippen molar-refractivity contribution in [2.45, 2.75) is 6.42 Å². The maximum atomic E-state index is 2.35. The predicted octanol–water partition coefficient (Wildman–Crippen LogP) is 2.26. The van der Waals surface area contributed by atoms with Crippen LogP contribution in [0.1, 0.15) is 6.42 Å². The van der Waals surface area contributed by atoms with E-state index < -0.39 is 0 Å². The maximum Gasteiger partial charge on any atom is 0.00906 e. The Hall–Kier alpha value is -0.780. The van der Waals surface area contributed by atoms with E-state index >= 15 is 0 Å². The van der Waals surface area contributed by atoms with E-state index in [0.29, 0.717) is 5.41 Å². The molecule has 3 aliphatic carbocycles. The Kier molecular flexibility index (Phi) is 0.639. The molecule has 1 spiro atoms. The van der Waals surface area contributed by atoms with Gasteiger partial charge in [-0.3, -0.25) is 0 Å². The van der Waals surface area contributed by atoms with Crippen LogP contribution in [-0.4, -0.2) is 0 Å². The maximum absolute atomic E-state index is 2.35. The van der Waals surface area contributed by atoms with Crippen molar-refractivity contribution in [1.82, 2.24) is 0 Å². The number of hydrogen-bond acceptors (Lipinski definition) is 0. The van der Waals surface area contributed by atoms with E-state index in [0.717, 1.165) is 5.92 Å². The van der Waals surface area contributed by atoms with Crippen LogP contribution in [0.25, 0.3) is 0 Å². The van der Waals surface area contributed by atoms with Gasteiger partial charge in [0.1, 0.15) is 0 Å². The highest BCUT2D eigenvalue weighted by Gasteiger charge is 2.56. The minimum atomic E-state index is 0.495. The van der Waals surface area contributed by atoms with Crippen molar-refractivity contribution in [1.29, 1.82) is 0 Å². The lowest BCUT2D eigenvalue weighted by atomic mass is 9.92. The second-order valence-electron chi connectivity index (χ2n) is 3.38. The molecule has 2 atom stereocenters. The molecule has 49 valence electrons. The molecule has 0 bridgehead atoms. The molecule has 0 amide bonds. The molecule has 2 unspecified atom stereocenters. The van der Waals surface area contributed by atoms with Gasteiger partial charge < -0.3 is 0 Å².